The predicted molar refractivity (Wildman–Crippen MR) is 75.7 cm³/mol. The smallest absolute Gasteiger partial charge is 0.189 e. The van der Waals surface area contributed by atoms with Crippen LogP contribution in [0.1, 0.15) is 11.1 Å². The molecule has 12 heteroatoms. The Morgan fingerprint density at radius 2 is 1.44 bits per heavy atom. The third-order valence-electron chi connectivity index (χ3n) is 3.17. The van der Waals surface area contributed by atoms with Crippen LogP contribution in [0.25, 0.3) is 11.3 Å². The van der Waals surface area contributed by atoms with E-state index in [2.05, 4.69) is 5.10 Å². The van der Waals surface area contributed by atoms with Crippen molar-refractivity contribution < 1.29 is 34.8 Å². The van der Waals surface area contributed by atoms with Crippen molar-refractivity contribution in [3.8, 4) is 11.3 Å². The maximum absolute atomic E-state index is 12.9. The van der Waals surface area contributed by atoms with Crippen LogP contribution in [0.15, 0.2) is 30.5 Å². The minimum atomic E-state index is -5.04. The van der Waals surface area contributed by atoms with Gasteiger partial charge in [-0.2, -0.15) is 44.2 Å². The molecular formula is C13H11F6N3O2S. The van der Waals surface area contributed by atoms with E-state index in [9.17, 15) is 34.8 Å². The molecule has 138 valence electrons. The highest BCUT2D eigenvalue weighted by Crippen LogP contribution is 2.38. The highest BCUT2D eigenvalue weighted by Gasteiger charge is 2.37. The Balaban J connectivity index is 2.76. The van der Waals surface area contributed by atoms with E-state index in [0.29, 0.717) is 16.2 Å². The standard InChI is InChI=1S/C13H11F6N3O2S/c1-21(2)25(23,24)22-11(3-4-20-22)8-5-9(12(14,15)16)7-10(6-8)13(17,18)19/h3-7H,1-2H3. The summed E-state index contributed by atoms with van der Waals surface area (Å²) in [6.45, 7) is 0. The number of alkyl halides is 6. The molecule has 0 saturated heterocycles. The zero-order valence-electron chi connectivity index (χ0n) is 12.7. The van der Waals surface area contributed by atoms with Gasteiger partial charge in [0.15, 0.2) is 0 Å². The summed E-state index contributed by atoms with van der Waals surface area (Å²) in [5.74, 6) is 0. The molecule has 0 aliphatic carbocycles. The Bertz CT molecular complexity index is 852. The highest BCUT2D eigenvalue weighted by molar-refractivity contribution is 7.87. The molecule has 0 aliphatic rings. The van der Waals surface area contributed by atoms with Gasteiger partial charge in [-0.05, 0) is 24.3 Å². The number of hydrogen-bond donors (Lipinski definition) is 0. The van der Waals surface area contributed by atoms with Crippen molar-refractivity contribution in [2.24, 2.45) is 0 Å². The highest BCUT2D eigenvalue weighted by atomic mass is 32.2. The van der Waals surface area contributed by atoms with E-state index in [0.717, 1.165) is 30.7 Å². The van der Waals surface area contributed by atoms with Crippen molar-refractivity contribution in [1.29, 1.82) is 0 Å². The van der Waals surface area contributed by atoms with Gasteiger partial charge < -0.3 is 0 Å². The summed E-state index contributed by atoms with van der Waals surface area (Å²) in [4.78, 5) is 0. The van der Waals surface area contributed by atoms with Crippen molar-refractivity contribution in [3.05, 3.63) is 41.6 Å². The van der Waals surface area contributed by atoms with Crippen molar-refractivity contribution in [2.75, 3.05) is 14.1 Å². The van der Waals surface area contributed by atoms with Gasteiger partial charge in [0.25, 0.3) is 0 Å². The van der Waals surface area contributed by atoms with E-state index >= 15 is 0 Å². The molecule has 0 aliphatic heterocycles. The zero-order valence-corrected chi connectivity index (χ0v) is 13.5. The van der Waals surface area contributed by atoms with E-state index in [1.54, 1.807) is 0 Å². The molecule has 0 spiro atoms. The molecule has 0 saturated carbocycles. The van der Waals surface area contributed by atoms with Crippen LogP contribution < -0.4 is 0 Å². The molecule has 0 fully saturated rings. The normalized spacial score (nSPS) is 13.5. The van der Waals surface area contributed by atoms with E-state index in [-0.39, 0.29) is 6.07 Å². The lowest BCUT2D eigenvalue weighted by atomic mass is 10.0. The maximum atomic E-state index is 12.9. The molecule has 0 N–H and O–H groups in total. The zero-order chi connectivity index (χ0) is 19.2. The van der Waals surface area contributed by atoms with Crippen molar-refractivity contribution in [2.45, 2.75) is 12.4 Å². The Labute approximate surface area is 138 Å². The third kappa shape index (κ3) is 3.79. The van der Waals surface area contributed by atoms with Gasteiger partial charge in [0.05, 0.1) is 23.0 Å². The van der Waals surface area contributed by atoms with E-state index < -0.39 is 44.9 Å². The van der Waals surface area contributed by atoms with Gasteiger partial charge >= 0.3 is 22.6 Å². The predicted octanol–water partition coefficient (Wildman–Crippen LogP) is 3.24. The molecule has 0 bridgehead atoms. The number of rotatable bonds is 3. The Kier molecular flexibility index (Phi) is 4.63. The largest absolute Gasteiger partial charge is 0.416 e. The Hall–Kier alpha value is -2.08. The van der Waals surface area contributed by atoms with E-state index in [1.807, 2.05) is 0 Å². The topological polar surface area (TPSA) is 55.2 Å². The first-order valence-corrected chi connectivity index (χ1v) is 7.91. The first-order chi connectivity index (χ1) is 11.2. The van der Waals surface area contributed by atoms with Crippen molar-refractivity contribution >= 4 is 10.2 Å². The fraction of sp³-hybridized carbons (Fsp3) is 0.308. The van der Waals surface area contributed by atoms with Crippen LogP contribution in [-0.4, -0.2) is 36.0 Å². The van der Waals surface area contributed by atoms with Crippen LogP contribution in [0.3, 0.4) is 0 Å². The lowest BCUT2D eigenvalue weighted by Gasteiger charge is -2.16. The number of halogens is 6. The minimum Gasteiger partial charge on any atom is -0.189 e. The van der Waals surface area contributed by atoms with E-state index in [4.69, 9.17) is 0 Å². The van der Waals surface area contributed by atoms with Gasteiger partial charge in [-0.15, -0.1) is 4.09 Å². The summed E-state index contributed by atoms with van der Waals surface area (Å²) < 4.78 is 103. The van der Waals surface area contributed by atoms with Gasteiger partial charge in [0.2, 0.25) is 0 Å². The monoisotopic (exact) mass is 387 g/mol. The summed E-state index contributed by atoms with van der Waals surface area (Å²) in [7, 11) is -1.94. The van der Waals surface area contributed by atoms with Crippen LogP contribution in [0.5, 0.6) is 0 Å². The average molecular weight is 387 g/mol. The van der Waals surface area contributed by atoms with Crippen LogP contribution in [0, 0.1) is 0 Å². The molecule has 0 atom stereocenters. The quantitative estimate of drug-likeness (QED) is 0.760. The molecule has 25 heavy (non-hydrogen) atoms. The molecule has 2 rings (SSSR count). The van der Waals surface area contributed by atoms with Gasteiger partial charge in [-0.1, -0.05) is 0 Å². The second-order valence-electron chi connectivity index (χ2n) is 5.14. The molecule has 1 aromatic heterocycles. The van der Waals surface area contributed by atoms with Crippen molar-refractivity contribution in [3.63, 3.8) is 0 Å². The molecule has 0 radical (unpaired) electrons. The Morgan fingerprint density at radius 3 is 1.84 bits per heavy atom. The average Bonchev–Trinajstić information content (AvgIpc) is 2.94. The first kappa shape index (κ1) is 19.2. The molecular weight excluding hydrogens is 376 g/mol. The molecule has 5 nitrogen and oxygen atoms in total. The second-order valence-corrected chi connectivity index (χ2v) is 7.12. The number of benzene rings is 1. The lowest BCUT2D eigenvalue weighted by Crippen LogP contribution is -2.30. The third-order valence-corrected chi connectivity index (χ3v) is 4.82. The summed E-state index contributed by atoms with van der Waals surface area (Å²) in [5.41, 5.74) is -4.10. The Morgan fingerprint density at radius 1 is 0.960 bits per heavy atom. The van der Waals surface area contributed by atoms with Crippen LogP contribution in [0.4, 0.5) is 26.3 Å². The SMILES string of the molecule is CN(C)S(=O)(=O)n1nccc1-c1cc(C(F)(F)F)cc(C(F)(F)F)c1. The molecule has 1 aromatic carbocycles. The summed E-state index contributed by atoms with van der Waals surface area (Å²) in [5, 5.41) is 3.49. The number of aromatic nitrogens is 2. The first-order valence-electron chi connectivity index (χ1n) is 6.51. The molecule has 0 amide bonds. The van der Waals surface area contributed by atoms with Gasteiger partial charge in [-0.3, -0.25) is 0 Å². The fourth-order valence-corrected chi connectivity index (χ4v) is 2.84. The summed E-state index contributed by atoms with van der Waals surface area (Å²) in [6.07, 6.45) is -9.12. The van der Waals surface area contributed by atoms with Gasteiger partial charge in [0, 0.05) is 19.7 Å². The minimum absolute atomic E-state index is 0.0370. The van der Waals surface area contributed by atoms with Crippen LogP contribution >= 0.6 is 0 Å². The molecule has 2 aromatic rings. The summed E-state index contributed by atoms with van der Waals surface area (Å²) >= 11 is 0. The fourth-order valence-electron chi connectivity index (χ4n) is 1.94. The molecule has 0 unspecified atom stereocenters. The second kappa shape index (κ2) is 6.02. The van der Waals surface area contributed by atoms with Gasteiger partial charge in [0.1, 0.15) is 0 Å². The maximum Gasteiger partial charge on any atom is 0.416 e. The van der Waals surface area contributed by atoms with Crippen LogP contribution in [-0.2, 0) is 22.6 Å². The van der Waals surface area contributed by atoms with Crippen molar-refractivity contribution in [1.82, 2.24) is 13.5 Å². The summed E-state index contributed by atoms with van der Waals surface area (Å²) in [6, 6.07) is 1.85. The van der Waals surface area contributed by atoms with Gasteiger partial charge in [-0.25, -0.2) is 0 Å². The lowest BCUT2D eigenvalue weighted by molar-refractivity contribution is -0.143. The number of hydrogen-bond acceptors (Lipinski definition) is 3. The number of nitrogens with zero attached hydrogens (tertiary/aromatic N) is 3. The van der Waals surface area contributed by atoms with E-state index in [1.165, 1.54) is 0 Å². The van der Waals surface area contributed by atoms with Crippen LogP contribution in [0.2, 0.25) is 0 Å². The molecule has 1 heterocycles.